The van der Waals surface area contributed by atoms with E-state index in [4.69, 9.17) is 0 Å². The molecule has 0 saturated heterocycles. The summed E-state index contributed by atoms with van der Waals surface area (Å²) in [6, 6.07) is 3.98. The normalized spacial score (nSPS) is 12.0. The maximum absolute atomic E-state index is 4.68. The third-order valence-electron chi connectivity index (χ3n) is 3.18. The average Bonchev–Trinajstić information content (AvgIpc) is 2.87. The fourth-order valence-electron chi connectivity index (χ4n) is 1.93. The fraction of sp³-hybridized carbons (Fsp3) is 0.562. The summed E-state index contributed by atoms with van der Waals surface area (Å²) in [5, 5.41) is 7.87. The lowest BCUT2D eigenvalue weighted by atomic mass is 9.96. The molecule has 0 atom stereocenters. The summed E-state index contributed by atoms with van der Waals surface area (Å²) >= 11 is 0. The predicted molar refractivity (Wildman–Crippen MR) is 86.1 cm³/mol. The molecule has 2 aromatic heterocycles. The molecule has 2 aromatic rings. The van der Waals surface area contributed by atoms with Gasteiger partial charge < -0.3 is 5.32 Å². The molecule has 0 aliphatic rings. The van der Waals surface area contributed by atoms with Gasteiger partial charge in [0.05, 0.1) is 5.69 Å². The van der Waals surface area contributed by atoms with Crippen LogP contribution in [0.5, 0.6) is 0 Å². The Bertz CT molecular complexity index is 607. The van der Waals surface area contributed by atoms with Gasteiger partial charge in [-0.2, -0.15) is 5.10 Å². The Morgan fingerprint density at radius 1 is 1.24 bits per heavy atom. The van der Waals surface area contributed by atoms with Crippen LogP contribution in [0.3, 0.4) is 0 Å². The number of rotatable bonds is 4. The van der Waals surface area contributed by atoms with Crippen molar-refractivity contribution < 1.29 is 0 Å². The maximum atomic E-state index is 4.68. The molecule has 114 valence electrons. The summed E-state index contributed by atoms with van der Waals surface area (Å²) in [6.45, 7) is 13.5. The highest BCUT2D eigenvalue weighted by Crippen LogP contribution is 2.22. The van der Waals surface area contributed by atoms with E-state index in [1.54, 1.807) is 0 Å². The quantitative estimate of drug-likeness (QED) is 0.935. The van der Waals surface area contributed by atoms with Gasteiger partial charge in [-0.15, -0.1) is 0 Å². The molecule has 5 nitrogen and oxygen atoms in total. The van der Waals surface area contributed by atoms with E-state index in [-0.39, 0.29) is 5.41 Å². The van der Waals surface area contributed by atoms with Crippen molar-refractivity contribution in [3.05, 3.63) is 29.8 Å². The molecule has 0 bridgehead atoms. The van der Waals surface area contributed by atoms with Crippen LogP contribution in [0.2, 0.25) is 0 Å². The van der Waals surface area contributed by atoms with Crippen molar-refractivity contribution in [2.75, 3.05) is 11.9 Å². The van der Waals surface area contributed by atoms with Crippen molar-refractivity contribution in [3.63, 3.8) is 0 Å². The highest BCUT2D eigenvalue weighted by Gasteiger charge is 2.20. The van der Waals surface area contributed by atoms with E-state index < -0.39 is 0 Å². The topological polar surface area (TPSA) is 55.6 Å². The molecule has 0 aromatic carbocycles. The monoisotopic (exact) mass is 287 g/mol. The number of hydrogen-bond acceptors (Lipinski definition) is 4. The van der Waals surface area contributed by atoms with Gasteiger partial charge >= 0.3 is 0 Å². The Labute approximate surface area is 126 Å². The van der Waals surface area contributed by atoms with Crippen molar-refractivity contribution in [2.45, 2.75) is 52.9 Å². The summed E-state index contributed by atoms with van der Waals surface area (Å²) in [4.78, 5) is 9.28. The van der Waals surface area contributed by atoms with Crippen LogP contribution in [0.15, 0.2) is 18.3 Å². The van der Waals surface area contributed by atoms with E-state index >= 15 is 0 Å². The Hall–Kier alpha value is -1.91. The molecular weight excluding hydrogens is 262 g/mol. The van der Waals surface area contributed by atoms with Crippen molar-refractivity contribution in [3.8, 4) is 5.82 Å². The molecule has 1 N–H and O–H groups in total. The van der Waals surface area contributed by atoms with Crippen LogP contribution < -0.4 is 5.32 Å². The number of aromatic nitrogens is 4. The molecule has 0 radical (unpaired) electrons. The SMILES string of the molecule is CCNc1cc(-n2ccc(C(C)C)n2)nc(C(C)(C)C)n1. The molecule has 0 fully saturated rings. The van der Waals surface area contributed by atoms with Crippen LogP contribution >= 0.6 is 0 Å². The van der Waals surface area contributed by atoms with Crippen molar-refractivity contribution >= 4 is 5.82 Å². The summed E-state index contributed by atoms with van der Waals surface area (Å²) in [7, 11) is 0. The summed E-state index contributed by atoms with van der Waals surface area (Å²) in [6.07, 6.45) is 1.96. The molecule has 5 heteroatoms. The smallest absolute Gasteiger partial charge is 0.159 e. The molecule has 2 rings (SSSR count). The Morgan fingerprint density at radius 2 is 1.95 bits per heavy atom. The van der Waals surface area contributed by atoms with E-state index in [1.807, 2.05) is 23.0 Å². The van der Waals surface area contributed by atoms with Gasteiger partial charge in [0.25, 0.3) is 0 Å². The standard InChI is InChI=1S/C16H25N5/c1-7-17-13-10-14(19-15(18-13)16(4,5)6)21-9-8-12(20-21)11(2)3/h8-11H,7H2,1-6H3,(H,17,18,19). The molecule has 0 spiro atoms. The molecule has 0 amide bonds. The highest BCUT2D eigenvalue weighted by atomic mass is 15.3. The molecule has 0 aliphatic heterocycles. The van der Waals surface area contributed by atoms with Gasteiger partial charge in [0, 0.05) is 24.2 Å². The van der Waals surface area contributed by atoms with Gasteiger partial charge in [-0.05, 0) is 18.9 Å². The highest BCUT2D eigenvalue weighted by molar-refractivity contribution is 5.42. The fourth-order valence-corrected chi connectivity index (χ4v) is 1.93. The van der Waals surface area contributed by atoms with Crippen LogP contribution in [-0.2, 0) is 5.41 Å². The minimum Gasteiger partial charge on any atom is -0.370 e. The second-order valence-electron chi connectivity index (χ2n) is 6.56. The minimum absolute atomic E-state index is 0.103. The average molecular weight is 287 g/mol. The predicted octanol–water partition coefficient (Wildman–Crippen LogP) is 3.52. The zero-order valence-corrected chi connectivity index (χ0v) is 13.8. The zero-order valence-electron chi connectivity index (χ0n) is 13.8. The molecule has 21 heavy (non-hydrogen) atoms. The molecule has 0 aliphatic carbocycles. The van der Waals surface area contributed by atoms with Crippen molar-refractivity contribution in [1.82, 2.24) is 19.7 Å². The third-order valence-corrected chi connectivity index (χ3v) is 3.18. The maximum Gasteiger partial charge on any atom is 0.159 e. The minimum atomic E-state index is -0.103. The first kappa shape index (κ1) is 15.5. The van der Waals surface area contributed by atoms with Gasteiger partial charge in [0.15, 0.2) is 5.82 Å². The number of anilines is 1. The van der Waals surface area contributed by atoms with Gasteiger partial charge in [0.1, 0.15) is 11.6 Å². The summed E-state index contributed by atoms with van der Waals surface area (Å²) < 4.78 is 1.83. The lowest BCUT2D eigenvalue weighted by molar-refractivity contribution is 0.542. The molecule has 0 saturated carbocycles. The number of hydrogen-bond donors (Lipinski definition) is 1. The van der Waals surface area contributed by atoms with Crippen LogP contribution in [0.4, 0.5) is 5.82 Å². The van der Waals surface area contributed by atoms with E-state index in [9.17, 15) is 0 Å². The van der Waals surface area contributed by atoms with Crippen LogP contribution in [0.25, 0.3) is 5.82 Å². The number of nitrogens with one attached hydrogen (secondary N) is 1. The van der Waals surface area contributed by atoms with Crippen LogP contribution in [-0.4, -0.2) is 26.3 Å². The van der Waals surface area contributed by atoms with Crippen molar-refractivity contribution in [1.29, 1.82) is 0 Å². The summed E-state index contributed by atoms with van der Waals surface area (Å²) in [5.74, 6) is 2.87. The lowest BCUT2D eigenvalue weighted by Crippen LogP contribution is -2.19. The Balaban J connectivity index is 2.48. The third kappa shape index (κ3) is 3.60. The first-order chi connectivity index (χ1) is 9.81. The van der Waals surface area contributed by atoms with Crippen LogP contribution in [0.1, 0.15) is 59.0 Å². The van der Waals surface area contributed by atoms with Gasteiger partial charge in [-0.25, -0.2) is 14.6 Å². The van der Waals surface area contributed by atoms with Gasteiger partial charge in [-0.3, -0.25) is 0 Å². The number of nitrogens with zero attached hydrogens (tertiary/aromatic N) is 4. The van der Waals surface area contributed by atoms with E-state index in [0.717, 1.165) is 29.7 Å². The van der Waals surface area contributed by atoms with Crippen LogP contribution in [0, 0.1) is 0 Å². The van der Waals surface area contributed by atoms with Gasteiger partial charge in [-0.1, -0.05) is 34.6 Å². The second kappa shape index (κ2) is 5.84. The van der Waals surface area contributed by atoms with E-state index in [0.29, 0.717) is 5.92 Å². The Morgan fingerprint density at radius 3 is 2.48 bits per heavy atom. The first-order valence-corrected chi connectivity index (χ1v) is 7.50. The molecular formula is C16H25N5. The molecule has 2 heterocycles. The van der Waals surface area contributed by atoms with E-state index in [1.165, 1.54) is 0 Å². The van der Waals surface area contributed by atoms with E-state index in [2.05, 4.69) is 61.9 Å². The van der Waals surface area contributed by atoms with Gasteiger partial charge in [0.2, 0.25) is 0 Å². The zero-order chi connectivity index (χ0) is 15.6. The summed E-state index contributed by atoms with van der Waals surface area (Å²) in [5.41, 5.74) is 0.963. The first-order valence-electron chi connectivity index (χ1n) is 7.50. The Kier molecular flexibility index (Phi) is 4.30. The second-order valence-corrected chi connectivity index (χ2v) is 6.56. The van der Waals surface area contributed by atoms with Crippen molar-refractivity contribution in [2.24, 2.45) is 0 Å². The largest absolute Gasteiger partial charge is 0.370 e. The molecule has 0 unspecified atom stereocenters. The lowest BCUT2D eigenvalue weighted by Gasteiger charge is -2.18.